The smallest absolute Gasteiger partial charge is 0.338 e. The Morgan fingerprint density at radius 3 is 2.24 bits per heavy atom. The van der Waals surface area contributed by atoms with Crippen molar-refractivity contribution in [3.05, 3.63) is 35.4 Å². The van der Waals surface area contributed by atoms with Crippen LogP contribution in [0.1, 0.15) is 43.1 Å². The Balaban J connectivity index is 2.71. The molecule has 0 amide bonds. The first kappa shape index (κ1) is 17.7. The molecule has 0 radical (unpaired) electrons. The molecular formula is C17H26O4. The molecule has 0 spiro atoms. The number of esters is 1. The fourth-order valence-electron chi connectivity index (χ4n) is 2.04. The fraction of sp³-hybridized carbons (Fsp3) is 0.588. The zero-order valence-electron chi connectivity index (χ0n) is 13.3. The Hall–Kier alpha value is -1.39. The Morgan fingerprint density at radius 1 is 1.05 bits per heavy atom. The second kappa shape index (κ2) is 10.4. The van der Waals surface area contributed by atoms with E-state index in [0.29, 0.717) is 32.0 Å². The zero-order valence-corrected chi connectivity index (χ0v) is 13.3. The predicted octanol–water partition coefficient (Wildman–Crippen LogP) is 3.24. The van der Waals surface area contributed by atoms with Crippen molar-refractivity contribution in [2.75, 3.05) is 26.4 Å². The summed E-state index contributed by atoms with van der Waals surface area (Å²) in [7, 11) is 0. The molecule has 118 valence electrons. The van der Waals surface area contributed by atoms with Crippen molar-refractivity contribution >= 4 is 5.97 Å². The number of aryl methyl sites for hydroxylation is 1. The van der Waals surface area contributed by atoms with Crippen LogP contribution in [-0.2, 0) is 20.6 Å². The molecule has 0 aliphatic heterocycles. The molecule has 0 heterocycles. The number of carbonyl (C=O) groups is 1. The van der Waals surface area contributed by atoms with Crippen molar-refractivity contribution in [3.8, 4) is 0 Å². The first-order chi connectivity index (χ1) is 10.2. The van der Waals surface area contributed by atoms with Gasteiger partial charge in [0, 0.05) is 13.2 Å². The van der Waals surface area contributed by atoms with Gasteiger partial charge in [0.25, 0.3) is 0 Å². The molecule has 0 aromatic heterocycles. The van der Waals surface area contributed by atoms with E-state index < -0.39 is 0 Å². The Labute approximate surface area is 127 Å². The van der Waals surface area contributed by atoms with E-state index in [2.05, 4.69) is 6.92 Å². The Morgan fingerprint density at radius 2 is 1.67 bits per heavy atom. The lowest BCUT2D eigenvalue weighted by molar-refractivity contribution is -0.0364. The summed E-state index contributed by atoms with van der Waals surface area (Å²) in [6, 6.07) is 7.58. The molecule has 21 heavy (non-hydrogen) atoms. The summed E-state index contributed by atoms with van der Waals surface area (Å²) in [6.45, 7) is 7.82. The summed E-state index contributed by atoms with van der Waals surface area (Å²) in [5.74, 6) is -0.302. The van der Waals surface area contributed by atoms with Gasteiger partial charge >= 0.3 is 5.97 Å². The summed E-state index contributed by atoms with van der Waals surface area (Å²) in [5.41, 5.74) is 1.66. The minimum absolute atomic E-state index is 0.302. The van der Waals surface area contributed by atoms with Crippen LogP contribution in [0.5, 0.6) is 0 Å². The van der Waals surface area contributed by atoms with Gasteiger partial charge in [-0.2, -0.15) is 0 Å². The lowest BCUT2D eigenvalue weighted by Crippen LogP contribution is -2.29. The molecule has 0 atom stereocenters. The van der Waals surface area contributed by atoms with Gasteiger partial charge in [-0.3, -0.25) is 0 Å². The molecule has 4 nitrogen and oxygen atoms in total. The molecule has 0 N–H and O–H groups in total. The Kier molecular flexibility index (Phi) is 8.71. The third kappa shape index (κ3) is 6.27. The van der Waals surface area contributed by atoms with E-state index in [1.807, 2.05) is 38.1 Å². The normalized spacial score (nSPS) is 10.9. The van der Waals surface area contributed by atoms with Crippen molar-refractivity contribution in [3.63, 3.8) is 0 Å². The fourth-order valence-corrected chi connectivity index (χ4v) is 2.04. The lowest BCUT2D eigenvalue weighted by Gasteiger charge is -2.18. The maximum atomic E-state index is 12.3. The van der Waals surface area contributed by atoms with Gasteiger partial charge < -0.3 is 14.2 Å². The van der Waals surface area contributed by atoms with Crippen molar-refractivity contribution in [1.82, 2.24) is 0 Å². The van der Waals surface area contributed by atoms with Crippen LogP contribution in [0.2, 0.25) is 0 Å². The summed E-state index contributed by atoms with van der Waals surface area (Å²) in [4.78, 5) is 12.3. The van der Waals surface area contributed by atoms with E-state index in [-0.39, 0.29) is 12.1 Å². The van der Waals surface area contributed by atoms with Crippen LogP contribution in [0.4, 0.5) is 0 Å². The molecule has 0 bridgehead atoms. The quantitative estimate of drug-likeness (QED) is 0.621. The molecule has 1 aromatic rings. The molecule has 0 saturated heterocycles. The highest BCUT2D eigenvalue weighted by molar-refractivity contribution is 5.91. The number of ether oxygens (including phenoxy) is 3. The number of carbonyl (C=O) groups excluding carboxylic acids is 1. The molecule has 0 saturated carbocycles. The van der Waals surface area contributed by atoms with E-state index >= 15 is 0 Å². The van der Waals surface area contributed by atoms with Gasteiger partial charge in [-0.15, -0.1) is 0 Å². The molecule has 1 rings (SSSR count). The van der Waals surface area contributed by atoms with Crippen LogP contribution in [0.15, 0.2) is 24.3 Å². The monoisotopic (exact) mass is 294 g/mol. The highest BCUT2D eigenvalue weighted by atomic mass is 16.6. The maximum Gasteiger partial charge on any atom is 0.338 e. The van der Waals surface area contributed by atoms with Gasteiger partial charge in [0.15, 0.2) is 0 Å². The molecule has 4 heteroatoms. The summed E-state index contributed by atoms with van der Waals surface area (Å²) < 4.78 is 16.2. The van der Waals surface area contributed by atoms with Crippen molar-refractivity contribution < 1.29 is 19.0 Å². The van der Waals surface area contributed by atoms with Gasteiger partial charge in [0.2, 0.25) is 0 Å². The second-order valence-corrected chi connectivity index (χ2v) is 4.75. The van der Waals surface area contributed by atoms with Gasteiger partial charge in [0.05, 0.1) is 18.8 Å². The topological polar surface area (TPSA) is 44.8 Å². The molecule has 0 unspecified atom stereocenters. The average Bonchev–Trinajstić information content (AvgIpc) is 2.50. The molecule has 1 aromatic carbocycles. The Bertz CT molecular complexity index is 409. The van der Waals surface area contributed by atoms with Crippen LogP contribution < -0.4 is 0 Å². The largest absolute Gasteiger partial charge is 0.454 e. The van der Waals surface area contributed by atoms with Crippen LogP contribution >= 0.6 is 0 Å². The highest BCUT2D eigenvalue weighted by Crippen LogP contribution is 2.14. The molecule has 0 fully saturated rings. The van der Waals surface area contributed by atoms with Gasteiger partial charge in [-0.1, -0.05) is 31.5 Å². The minimum Gasteiger partial charge on any atom is -0.454 e. The van der Waals surface area contributed by atoms with Gasteiger partial charge in [0.1, 0.15) is 6.10 Å². The molecule has 0 aliphatic rings. The first-order valence-electron chi connectivity index (χ1n) is 7.67. The SMILES string of the molecule is CCCc1ccccc1C(=O)OC(COCC)COCC. The van der Waals surface area contributed by atoms with Gasteiger partial charge in [-0.05, 0) is 31.9 Å². The van der Waals surface area contributed by atoms with Crippen molar-refractivity contribution in [1.29, 1.82) is 0 Å². The lowest BCUT2D eigenvalue weighted by atomic mass is 10.0. The van der Waals surface area contributed by atoms with Crippen molar-refractivity contribution in [2.24, 2.45) is 0 Å². The van der Waals surface area contributed by atoms with Crippen LogP contribution in [-0.4, -0.2) is 38.5 Å². The minimum atomic E-state index is -0.368. The summed E-state index contributed by atoms with van der Waals surface area (Å²) in [5, 5.41) is 0. The first-order valence-corrected chi connectivity index (χ1v) is 7.67. The second-order valence-electron chi connectivity index (χ2n) is 4.75. The van der Waals surface area contributed by atoms with E-state index in [4.69, 9.17) is 14.2 Å². The third-order valence-corrected chi connectivity index (χ3v) is 3.05. The number of hydrogen-bond donors (Lipinski definition) is 0. The summed E-state index contributed by atoms with van der Waals surface area (Å²) >= 11 is 0. The van der Waals surface area contributed by atoms with E-state index in [1.54, 1.807) is 0 Å². The summed E-state index contributed by atoms with van der Waals surface area (Å²) in [6.07, 6.45) is 1.49. The van der Waals surface area contributed by atoms with E-state index in [9.17, 15) is 4.79 Å². The predicted molar refractivity (Wildman–Crippen MR) is 82.6 cm³/mol. The molecule has 0 aliphatic carbocycles. The van der Waals surface area contributed by atoms with Crippen LogP contribution in [0, 0.1) is 0 Å². The highest BCUT2D eigenvalue weighted by Gasteiger charge is 2.18. The standard InChI is InChI=1S/C17H26O4/c1-4-9-14-10-7-8-11-16(14)17(18)21-15(12-19-5-2)13-20-6-3/h7-8,10-11,15H,4-6,9,12-13H2,1-3H3. The number of hydrogen-bond acceptors (Lipinski definition) is 4. The zero-order chi connectivity index (χ0) is 15.5. The van der Waals surface area contributed by atoms with Crippen LogP contribution in [0.3, 0.4) is 0 Å². The third-order valence-electron chi connectivity index (χ3n) is 3.05. The average molecular weight is 294 g/mol. The molecular weight excluding hydrogens is 268 g/mol. The van der Waals surface area contributed by atoms with Crippen LogP contribution in [0.25, 0.3) is 0 Å². The number of rotatable bonds is 10. The van der Waals surface area contributed by atoms with Crippen molar-refractivity contribution in [2.45, 2.75) is 39.7 Å². The van der Waals surface area contributed by atoms with E-state index in [0.717, 1.165) is 18.4 Å². The maximum absolute atomic E-state index is 12.3. The number of benzene rings is 1. The van der Waals surface area contributed by atoms with E-state index in [1.165, 1.54) is 0 Å². The van der Waals surface area contributed by atoms with Gasteiger partial charge in [-0.25, -0.2) is 4.79 Å².